The van der Waals surface area contributed by atoms with E-state index < -0.39 is 0 Å². The van der Waals surface area contributed by atoms with Crippen LogP contribution >= 0.6 is 35.3 Å². The van der Waals surface area contributed by atoms with Crippen molar-refractivity contribution in [2.45, 2.75) is 50.8 Å². The first-order valence-electron chi connectivity index (χ1n) is 7.25. The quantitative estimate of drug-likeness (QED) is 0.853. The number of hydrogen-bond acceptors (Lipinski definition) is 4. The van der Waals surface area contributed by atoms with Crippen molar-refractivity contribution in [2.24, 2.45) is 0 Å². The lowest BCUT2D eigenvalue weighted by Crippen LogP contribution is -2.31. The number of rotatable bonds is 3. The molecule has 0 saturated carbocycles. The Kier molecular flexibility index (Phi) is 4.05. The normalized spacial score (nSPS) is 15.4. The number of thiophene rings is 1. The van der Waals surface area contributed by atoms with Crippen molar-refractivity contribution in [1.29, 1.82) is 0 Å². The third-order valence-electron chi connectivity index (χ3n) is 4.19. The fourth-order valence-corrected chi connectivity index (χ4v) is 4.71. The number of H-pyrrole nitrogens is 1. The van der Waals surface area contributed by atoms with Crippen molar-refractivity contribution in [3.63, 3.8) is 0 Å². The maximum Gasteiger partial charge on any atom is 0.263 e. The van der Waals surface area contributed by atoms with Crippen LogP contribution in [0.3, 0.4) is 0 Å². The minimum absolute atomic E-state index is 0.00497. The largest absolute Gasteiger partial charge is 0.323 e. The zero-order chi connectivity index (χ0) is 15.2. The van der Waals surface area contributed by atoms with Crippen molar-refractivity contribution in [2.75, 3.05) is 6.26 Å². The van der Waals surface area contributed by atoms with E-state index >= 15 is 0 Å². The predicted molar refractivity (Wildman–Crippen MR) is 95.5 cm³/mol. The van der Waals surface area contributed by atoms with Crippen LogP contribution in [0.15, 0.2) is 4.79 Å². The molecule has 1 aliphatic rings. The molecule has 0 aliphatic heterocycles. The molecule has 3 rings (SSSR count). The third-order valence-corrected chi connectivity index (χ3v) is 6.95. The molecule has 0 bridgehead atoms. The van der Waals surface area contributed by atoms with Gasteiger partial charge in [0.25, 0.3) is 5.56 Å². The van der Waals surface area contributed by atoms with Gasteiger partial charge in [0.2, 0.25) is 0 Å². The van der Waals surface area contributed by atoms with Gasteiger partial charge >= 0.3 is 0 Å². The highest BCUT2D eigenvalue weighted by molar-refractivity contribution is 7.99. The van der Waals surface area contributed by atoms with Gasteiger partial charge in [-0.15, -0.1) is 11.3 Å². The Balaban J connectivity index is 2.23. The summed E-state index contributed by atoms with van der Waals surface area (Å²) in [7, 11) is 0. The Morgan fingerprint density at radius 2 is 2.10 bits per heavy atom. The van der Waals surface area contributed by atoms with Gasteiger partial charge in [-0.3, -0.25) is 9.36 Å². The molecule has 0 amide bonds. The summed E-state index contributed by atoms with van der Waals surface area (Å²) in [4.78, 5) is 18.6. The van der Waals surface area contributed by atoms with E-state index in [9.17, 15) is 4.79 Å². The number of aromatic amines is 1. The second-order valence-electron chi connectivity index (χ2n) is 6.20. The lowest BCUT2D eigenvalue weighted by atomic mass is 9.97. The first-order chi connectivity index (χ1) is 9.93. The Bertz CT molecular complexity index is 798. The number of aromatic nitrogens is 2. The molecule has 0 unspecified atom stereocenters. The smallest absolute Gasteiger partial charge is 0.263 e. The van der Waals surface area contributed by atoms with Crippen LogP contribution < -0.4 is 5.56 Å². The van der Waals surface area contributed by atoms with Crippen LogP contribution in [0.25, 0.3) is 10.2 Å². The van der Waals surface area contributed by atoms with Gasteiger partial charge in [0.05, 0.1) is 5.39 Å². The molecule has 114 valence electrons. The van der Waals surface area contributed by atoms with Gasteiger partial charge in [0.15, 0.2) is 4.77 Å². The third kappa shape index (κ3) is 2.73. The lowest BCUT2D eigenvalue weighted by molar-refractivity contribution is 0.544. The number of nitrogens with zero attached hydrogens (tertiary/aromatic N) is 1. The summed E-state index contributed by atoms with van der Waals surface area (Å²) < 4.78 is 2.29. The van der Waals surface area contributed by atoms with Crippen LogP contribution in [0.5, 0.6) is 0 Å². The Morgan fingerprint density at radius 3 is 2.81 bits per heavy atom. The van der Waals surface area contributed by atoms with E-state index in [-0.39, 0.29) is 10.3 Å². The van der Waals surface area contributed by atoms with Crippen LogP contribution in [0.1, 0.15) is 37.1 Å². The molecule has 0 atom stereocenters. The highest BCUT2D eigenvalue weighted by Crippen LogP contribution is 2.33. The second kappa shape index (κ2) is 5.56. The monoisotopic (exact) mass is 340 g/mol. The molecule has 21 heavy (non-hydrogen) atoms. The van der Waals surface area contributed by atoms with Gasteiger partial charge in [0, 0.05) is 16.2 Å². The van der Waals surface area contributed by atoms with Crippen LogP contribution in [0.2, 0.25) is 0 Å². The molecule has 6 heteroatoms. The second-order valence-corrected chi connectivity index (χ2v) is 9.21. The Morgan fingerprint density at radius 1 is 1.38 bits per heavy atom. The summed E-state index contributed by atoms with van der Waals surface area (Å²) in [5.41, 5.74) is 1.36. The van der Waals surface area contributed by atoms with Crippen molar-refractivity contribution < 1.29 is 0 Å². The van der Waals surface area contributed by atoms with Gasteiger partial charge in [-0.05, 0) is 63.6 Å². The van der Waals surface area contributed by atoms with Gasteiger partial charge in [-0.2, -0.15) is 11.8 Å². The summed E-state index contributed by atoms with van der Waals surface area (Å²) in [6, 6.07) is 0. The minimum atomic E-state index is -0.00497. The zero-order valence-electron chi connectivity index (χ0n) is 12.6. The van der Waals surface area contributed by atoms with Crippen molar-refractivity contribution in [1.82, 2.24) is 9.55 Å². The van der Waals surface area contributed by atoms with Gasteiger partial charge in [-0.1, -0.05) is 0 Å². The Hall–Kier alpha value is -0.590. The lowest BCUT2D eigenvalue weighted by Gasteiger charge is -2.23. The van der Waals surface area contributed by atoms with Crippen molar-refractivity contribution in [3.8, 4) is 0 Å². The highest BCUT2D eigenvalue weighted by Gasteiger charge is 2.23. The SMILES string of the molecule is CSC(C)(C)Cn1c(=S)[nH]c2sc3c(c2c1=O)CCCC3. The summed E-state index contributed by atoms with van der Waals surface area (Å²) in [6.07, 6.45) is 6.62. The maximum atomic E-state index is 12.9. The van der Waals surface area contributed by atoms with Crippen LogP contribution in [0.4, 0.5) is 0 Å². The molecular weight excluding hydrogens is 320 g/mol. The highest BCUT2D eigenvalue weighted by atomic mass is 32.2. The molecule has 1 N–H and O–H groups in total. The molecule has 0 radical (unpaired) electrons. The first kappa shape index (κ1) is 15.3. The zero-order valence-corrected chi connectivity index (χ0v) is 15.1. The fourth-order valence-electron chi connectivity index (χ4n) is 2.86. The molecule has 2 aromatic heterocycles. The standard InChI is InChI=1S/C15H20N2OS3/c1-15(2,20-3)8-17-13(18)11-9-6-4-5-7-10(9)21-12(11)16-14(17)19/h4-8H2,1-3H3,(H,16,19). The van der Waals surface area contributed by atoms with E-state index in [1.807, 2.05) is 0 Å². The molecule has 2 heterocycles. The Labute approximate surface area is 137 Å². The topological polar surface area (TPSA) is 37.8 Å². The van der Waals surface area contributed by atoms with E-state index in [2.05, 4.69) is 25.1 Å². The fraction of sp³-hybridized carbons (Fsp3) is 0.600. The van der Waals surface area contributed by atoms with E-state index in [1.54, 1.807) is 27.7 Å². The first-order valence-corrected chi connectivity index (χ1v) is 9.70. The van der Waals surface area contributed by atoms with E-state index in [4.69, 9.17) is 12.2 Å². The molecule has 3 nitrogen and oxygen atoms in total. The molecule has 0 fully saturated rings. The number of thioether (sulfide) groups is 1. The molecule has 2 aromatic rings. The van der Waals surface area contributed by atoms with Crippen LogP contribution in [0, 0.1) is 4.77 Å². The summed E-state index contributed by atoms with van der Waals surface area (Å²) in [5, 5.41) is 0.889. The predicted octanol–water partition coefficient (Wildman–Crippen LogP) is 4.14. The molecule has 0 spiro atoms. The van der Waals surface area contributed by atoms with E-state index in [0.717, 1.165) is 23.1 Å². The summed E-state index contributed by atoms with van der Waals surface area (Å²) in [5.74, 6) is 0. The van der Waals surface area contributed by atoms with E-state index in [0.29, 0.717) is 11.3 Å². The van der Waals surface area contributed by atoms with Crippen LogP contribution in [-0.2, 0) is 19.4 Å². The number of fused-ring (bicyclic) bond motifs is 3. The average molecular weight is 341 g/mol. The number of hydrogen-bond donors (Lipinski definition) is 1. The summed E-state index contributed by atoms with van der Waals surface area (Å²) >= 11 is 8.91. The molecule has 0 saturated heterocycles. The summed E-state index contributed by atoms with van der Waals surface area (Å²) in [6.45, 7) is 4.93. The van der Waals surface area contributed by atoms with Crippen LogP contribution in [-0.4, -0.2) is 20.6 Å². The van der Waals surface area contributed by atoms with Crippen molar-refractivity contribution >= 4 is 45.5 Å². The number of nitrogens with one attached hydrogen (secondary N) is 1. The van der Waals surface area contributed by atoms with Gasteiger partial charge < -0.3 is 4.98 Å². The molecular formula is C15H20N2OS3. The molecule has 0 aromatic carbocycles. The average Bonchev–Trinajstić information content (AvgIpc) is 2.81. The minimum Gasteiger partial charge on any atom is -0.323 e. The van der Waals surface area contributed by atoms with Gasteiger partial charge in [-0.25, -0.2) is 0 Å². The molecule has 1 aliphatic carbocycles. The maximum absolute atomic E-state index is 12.9. The number of aryl methyl sites for hydroxylation is 2. The van der Waals surface area contributed by atoms with Gasteiger partial charge in [0.1, 0.15) is 4.83 Å². The van der Waals surface area contributed by atoms with E-state index in [1.165, 1.54) is 23.3 Å². The van der Waals surface area contributed by atoms with Crippen molar-refractivity contribution in [3.05, 3.63) is 25.6 Å².